The Hall–Kier alpha value is -3.01. The molecule has 2 rings (SSSR count). The van der Waals surface area contributed by atoms with Crippen molar-refractivity contribution in [1.82, 2.24) is 4.90 Å². The lowest BCUT2D eigenvalue weighted by Crippen LogP contribution is -2.34. The number of methoxy groups -OCH3 is 1. The van der Waals surface area contributed by atoms with Crippen LogP contribution in [0.4, 0.5) is 0 Å². The molecule has 0 fully saturated rings. The molecule has 4 heteroatoms. The topological polar surface area (TPSA) is 38.8 Å². The molecule has 0 radical (unpaired) electrons. The third-order valence-corrected chi connectivity index (χ3v) is 3.82. The van der Waals surface area contributed by atoms with Gasteiger partial charge in [0.1, 0.15) is 0 Å². The van der Waals surface area contributed by atoms with Gasteiger partial charge in [0.25, 0.3) is 5.91 Å². The quantitative estimate of drug-likeness (QED) is 0.632. The van der Waals surface area contributed by atoms with E-state index in [1.807, 2.05) is 67.6 Å². The standard InChI is InChI=1S/C22H25NO3/c1-4-9-18-12-13-20(21(15-18)25-3)26-17-22(24)23(14-5-2)16-19-10-7-6-8-11-19/h4-13,15H,2,14,16-17H2,1,3H3/b9-4+. The summed E-state index contributed by atoms with van der Waals surface area (Å²) in [6.45, 7) is 6.62. The van der Waals surface area contributed by atoms with Gasteiger partial charge in [0.2, 0.25) is 0 Å². The van der Waals surface area contributed by atoms with Crippen LogP contribution in [0.3, 0.4) is 0 Å². The van der Waals surface area contributed by atoms with E-state index in [1.165, 1.54) is 0 Å². The van der Waals surface area contributed by atoms with E-state index in [0.29, 0.717) is 24.6 Å². The maximum Gasteiger partial charge on any atom is 0.261 e. The van der Waals surface area contributed by atoms with Gasteiger partial charge in [0.15, 0.2) is 18.1 Å². The Morgan fingerprint density at radius 2 is 1.92 bits per heavy atom. The van der Waals surface area contributed by atoms with Crippen molar-refractivity contribution in [2.75, 3.05) is 20.3 Å². The van der Waals surface area contributed by atoms with Crippen molar-refractivity contribution >= 4 is 12.0 Å². The second kappa shape index (κ2) is 10.1. The van der Waals surface area contributed by atoms with Gasteiger partial charge in [-0.2, -0.15) is 0 Å². The molecule has 0 aliphatic heterocycles. The zero-order valence-corrected chi connectivity index (χ0v) is 15.4. The fourth-order valence-electron chi connectivity index (χ4n) is 2.54. The van der Waals surface area contributed by atoms with Crippen molar-refractivity contribution in [1.29, 1.82) is 0 Å². The maximum absolute atomic E-state index is 12.6. The zero-order chi connectivity index (χ0) is 18.8. The van der Waals surface area contributed by atoms with E-state index in [9.17, 15) is 4.79 Å². The number of ether oxygens (including phenoxy) is 2. The van der Waals surface area contributed by atoms with E-state index in [1.54, 1.807) is 18.1 Å². The zero-order valence-electron chi connectivity index (χ0n) is 15.4. The van der Waals surface area contributed by atoms with E-state index in [2.05, 4.69) is 6.58 Å². The van der Waals surface area contributed by atoms with Crippen LogP contribution in [-0.2, 0) is 11.3 Å². The van der Waals surface area contributed by atoms with E-state index >= 15 is 0 Å². The Morgan fingerprint density at radius 3 is 2.58 bits per heavy atom. The monoisotopic (exact) mass is 351 g/mol. The predicted molar refractivity (Wildman–Crippen MR) is 105 cm³/mol. The van der Waals surface area contributed by atoms with Crippen molar-refractivity contribution in [3.05, 3.63) is 78.4 Å². The molecule has 0 heterocycles. The fourth-order valence-corrected chi connectivity index (χ4v) is 2.54. The molecule has 0 N–H and O–H groups in total. The van der Waals surface area contributed by atoms with Gasteiger partial charge in [-0.3, -0.25) is 4.79 Å². The number of nitrogens with zero attached hydrogens (tertiary/aromatic N) is 1. The third kappa shape index (κ3) is 5.52. The number of carbonyl (C=O) groups excluding carboxylic acids is 1. The van der Waals surface area contributed by atoms with Gasteiger partial charge < -0.3 is 14.4 Å². The lowest BCUT2D eigenvalue weighted by Gasteiger charge is -2.21. The highest BCUT2D eigenvalue weighted by molar-refractivity contribution is 5.78. The third-order valence-electron chi connectivity index (χ3n) is 3.82. The average molecular weight is 351 g/mol. The second-order valence-electron chi connectivity index (χ2n) is 5.75. The first-order valence-electron chi connectivity index (χ1n) is 8.54. The molecule has 26 heavy (non-hydrogen) atoms. The molecule has 0 aliphatic carbocycles. The van der Waals surface area contributed by atoms with Crippen LogP contribution in [0.1, 0.15) is 18.1 Å². The van der Waals surface area contributed by atoms with Crippen molar-refractivity contribution in [2.24, 2.45) is 0 Å². The molecular weight excluding hydrogens is 326 g/mol. The highest BCUT2D eigenvalue weighted by Gasteiger charge is 2.15. The molecule has 2 aromatic rings. The van der Waals surface area contributed by atoms with Crippen molar-refractivity contribution < 1.29 is 14.3 Å². The number of rotatable bonds is 9. The number of amides is 1. The molecule has 0 aromatic heterocycles. The van der Waals surface area contributed by atoms with Crippen molar-refractivity contribution in [3.63, 3.8) is 0 Å². The number of carbonyl (C=O) groups is 1. The fraction of sp³-hybridized carbons (Fsp3) is 0.227. The summed E-state index contributed by atoms with van der Waals surface area (Å²) in [5.41, 5.74) is 2.08. The summed E-state index contributed by atoms with van der Waals surface area (Å²) >= 11 is 0. The Morgan fingerprint density at radius 1 is 1.15 bits per heavy atom. The summed E-state index contributed by atoms with van der Waals surface area (Å²) < 4.78 is 11.1. The normalized spacial score (nSPS) is 10.5. The first-order chi connectivity index (χ1) is 12.7. The van der Waals surface area contributed by atoms with Crippen molar-refractivity contribution in [2.45, 2.75) is 13.5 Å². The van der Waals surface area contributed by atoms with Gasteiger partial charge in [0.05, 0.1) is 7.11 Å². The predicted octanol–water partition coefficient (Wildman–Crippen LogP) is 4.32. The SMILES string of the molecule is C=CCN(Cc1ccccc1)C(=O)COc1ccc(/C=C/C)cc1OC. The summed E-state index contributed by atoms with van der Waals surface area (Å²) in [7, 11) is 1.59. The van der Waals surface area contributed by atoms with Crippen LogP contribution >= 0.6 is 0 Å². The van der Waals surface area contributed by atoms with Crippen LogP contribution in [-0.4, -0.2) is 31.1 Å². The summed E-state index contributed by atoms with van der Waals surface area (Å²) in [6, 6.07) is 15.5. The molecule has 0 atom stereocenters. The number of benzene rings is 2. The first-order valence-corrected chi connectivity index (χ1v) is 8.54. The average Bonchev–Trinajstić information content (AvgIpc) is 2.67. The number of hydrogen-bond donors (Lipinski definition) is 0. The summed E-state index contributed by atoms with van der Waals surface area (Å²) in [4.78, 5) is 14.3. The van der Waals surface area contributed by atoms with E-state index in [0.717, 1.165) is 11.1 Å². The van der Waals surface area contributed by atoms with Crippen molar-refractivity contribution in [3.8, 4) is 11.5 Å². The summed E-state index contributed by atoms with van der Waals surface area (Å²) in [5, 5.41) is 0. The maximum atomic E-state index is 12.6. The van der Waals surface area contributed by atoms with E-state index in [4.69, 9.17) is 9.47 Å². The Kier molecular flexibility index (Phi) is 7.49. The number of allylic oxidation sites excluding steroid dienone is 1. The van der Waals surface area contributed by atoms with Crippen LogP contribution < -0.4 is 9.47 Å². The molecule has 2 aromatic carbocycles. The molecule has 4 nitrogen and oxygen atoms in total. The molecule has 0 saturated heterocycles. The molecule has 0 spiro atoms. The minimum Gasteiger partial charge on any atom is -0.493 e. The molecule has 136 valence electrons. The molecule has 1 amide bonds. The Balaban J connectivity index is 2.04. The minimum absolute atomic E-state index is 0.0556. The molecule has 0 unspecified atom stereocenters. The van der Waals surface area contributed by atoms with Gasteiger partial charge in [-0.1, -0.05) is 54.6 Å². The number of hydrogen-bond acceptors (Lipinski definition) is 3. The summed E-state index contributed by atoms with van der Waals surface area (Å²) in [6.07, 6.45) is 5.64. The lowest BCUT2D eigenvalue weighted by molar-refractivity contribution is -0.133. The molecule has 0 saturated carbocycles. The first kappa shape index (κ1) is 19.3. The van der Waals surface area contributed by atoms with Gasteiger partial charge in [-0.15, -0.1) is 6.58 Å². The van der Waals surface area contributed by atoms with E-state index < -0.39 is 0 Å². The van der Waals surface area contributed by atoms with Crippen LogP contribution in [0.25, 0.3) is 6.08 Å². The van der Waals surface area contributed by atoms with Gasteiger partial charge in [-0.05, 0) is 30.2 Å². The largest absolute Gasteiger partial charge is 0.493 e. The highest BCUT2D eigenvalue weighted by Crippen LogP contribution is 2.28. The van der Waals surface area contributed by atoms with Crippen LogP contribution in [0.15, 0.2) is 67.3 Å². The van der Waals surface area contributed by atoms with Gasteiger partial charge >= 0.3 is 0 Å². The van der Waals surface area contributed by atoms with Crippen LogP contribution in [0.2, 0.25) is 0 Å². The van der Waals surface area contributed by atoms with Gasteiger partial charge in [0, 0.05) is 13.1 Å². The lowest BCUT2D eigenvalue weighted by atomic mass is 10.2. The van der Waals surface area contributed by atoms with Gasteiger partial charge in [-0.25, -0.2) is 0 Å². The molecule has 0 bridgehead atoms. The van der Waals surface area contributed by atoms with E-state index in [-0.39, 0.29) is 12.5 Å². The van der Waals surface area contributed by atoms with Crippen LogP contribution in [0, 0.1) is 0 Å². The Bertz CT molecular complexity index is 753. The summed E-state index contributed by atoms with van der Waals surface area (Å²) in [5.74, 6) is 1.05. The smallest absolute Gasteiger partial charge is 0.261 e. The molecule has 0 aliphatic rings. The second-order valence-corrected chi connectivity index (χ2v) is 5.75. The molecular formula is C22H25NO3. The highest BCUT2D eigenvalue weighted by atomic mass is 16.5. The van der Waals surface area contributed by atoms with Crippen LogP contribution in [0.5, 0.6) is 11.5 Å². The Labute approximate surface area is 155 Å². The minimum atomic E-state index is -0.103.